The first kappa shape index (κ1) is 14.3. The number of aromatic amines is 1. The Bertz CT molecular complexity index is 895. The van der Waals surface area contributed by atoms with Crippen molar-refractivity contribution in [1.82, 2.24) is 10.2 Å². The van der Waals surface area contributed by atoms with Crippen LogP contribution in [-0.4, -0.2) is 16.7 Å². The quantitative estimate of drug-likeness (QED) is 0.773. The van der Waals surface area contributed by atoms with Crippen molar-refractivity contribution in [1.29, 1.82) is 5.26 Å². The second kappa shape index (κ2) is 6.09. The maximum absolute atomic E-state index is 9.02. The van der Waals surface area contributed by atoms with Gasteiger partial charge in [-0.25, -0.2) is 0 Å². The number of ether oxygens (including phenoxy) is 1. The van der Waals surface area contributed by atoms with Crippen molar-refractivity contribution < 1.29 is 4.74 Å². The summed E-state index contributed by atoms with van der Waals surface area (Å²) in [7, 11) is 0. The van der Waals surface area contributed by atoms with Gasteiger partial charge in [0.15, 0.2) is 11.8 Å². The van der Waals surface area contributed by atoms with E-state index in [1.54, 1.807) is 6.07 Å². The van der Waals surface area contributed by atoms with Gasteiger partial charge < -0.3 is 10.1 Å². The van der Waals surface area contributed by atoms with Gasteiger partial charge in [0.25, 0.3) is 0 Å². The minimum absolute atomic E-state index is 0.340. The van der Waals surface area contributed by atoms with Crippen LogP contribution in [0.4, 0.5) is 5.69 Å². The van der Waals surface area contributed by atoms with Crippen molar-refractivity contribution in [2.24, 2.45) is 0 Å². The summed E-state index contributed by atoms with van der Waals surface area (Å²) in [6.45, 7) is 0.965. The lowest BCUT2D eigenvalue weighted by molar-refractivity contribution is 0.242. The minimum Gasteiger partial charge on any atom is -0.479 e. The maximum Gasteiger partial charge on any atom is 0.165 e. The molecule has 1 aliphatic heterocycles. The van der Waals surface area contributed by atoms with Crippen LogP contribution in [0.25, 0.3) is 0 Å². The van der Waals surface area contributed by atoms with Gasteiger partial charge in [0.2, 0.25) is 0 Å². The lowest BCUT2D eigenvalue weighted by Crippen LogP contribution is -2.10. The molecule has 0 amide bonds. The van der Waals surface area contributed by atoms with Crippen LogP contribution >= 0.6 is 0 Å². The van der Waals surface area contributed by atoms with Gasteiger partial charge in [0.05, 0.1) is 5.69 Å². The van der Waals surface area contributed by atoms with E-state index in [0.29, 0.717) is 5.69 Å². The highest BCUT2D eigenvalue weighted by molar-refractivity contribution is 5.58. The van der Waals surface area contributed by atoms with Crippen molar-refractivity contribution in [3.63, 3.8) is 0 Å². The lowest BCUT2D eigenvalue weighted by Gasteiger charge is -2.19. The molecule has 0 saturated carbocycles. The Kier molecular flexibility index (Phi) is 3.64. The smallest absolute Gasteiger partial charge is 0.165 e. The van der Waals surface area contributed by atoms with E-state index in [1.807, 2.05) is 48.5 Å². The Balaban J connectivity index is 1.69. The zero-order valence-electron chi connectivity index (χ0n) is 13.0. The first-order valence-corrected chi connectivity index (χ1v) is 7.87. The van der Waals surface area contributed by atoms with E-state index in [1.165, 1.54) is 11.3 Å². The normalized spacial score (nSPS) is 13.6. The Morgan fingerprint density at radius 3 is 2.79 bits per heavy atom. The maximum atomic E-state index is 9.02. The summed E-state index contributed by atoms with van der Waals surface area (Å²) in [4.78, 5) is 0. The lowest BCUT2D eigenvalue weighted by atomic mass is 10.1. The largest absolute Gasteiger partial charge is 0.479 e. The Hall–Kier alpha value is -3.26. The van der Waals surface area contributed by atoms with Gasteiger partial charge in [-0.15, -0.1) is 0 Å². The fraction of sp³-hybridized carbons (Fsp3) is 0.158. The highest BCUT2D eigenvalue weighted by Gasteiger charge is 2.20. The molecule has 0 fully saturated rings. The number of rotatable bonds is 4. The molecular formula is C19H16N4O. The first-order valence-electron chi connectivity index (χ1n) is 7.87. The van der Waals surface area contributed by atoms with Crippen LogP contribution < -0.4 is 10.1 Å². The molecular weight excluding hydrogens is 300 g/mol. The summed E-state index contributed by atoms with van der Waals surface area (Å²) < 4.78 is 6.26. The summed E-state index contributed by atoms with van der Waals surface area (Å²) in [6, 6.07) is 19.8. The summed E-state index contributed by atoms with van der Waals surface area (Å²) >= 11 is 0. The summed E-state index contributed by atoms with van der Waals surface area (Å²) in [5.41, 5.74) is 4.56. The average molecular weight is 316 g/mol. The minimum atomic E-state index is -0.340. The first-order chi connectivity index (χ1) is 11.8. The molecule has 0 spiro atoms. The number of benzene rings is 2. The number of nitrogens with zero attached hydrogens (tertiary/aromatic N) is 2. The van der Waals surface area contributed by atoms with E-state index >= 15 is 0 Å². The molecule has 0 radical (unpaired) electrons. The van der Waals surface area contributed by atoms with Crippen molar-refractivity contribution in [2.75, 3.05) is 11.9 Å². The molecule has 0 bridgehead atoms. The highest BCUT2D eigenvalue weighted by Crippen LogP contribution is 2.31. The van der Waals surface area contributed by atoms with Crippen LogP contribution in [0.3, 0.4) is 0 Å². The third-order valence-electron chi connectivity index (χ3n) is 4.14. The molecule has 4 rings (SSSR count). The number of hydrogen-bond acceptors (Lipinski definition) is 4. The second-order valence-corrected chi connectivity index (χ2v) is 5.72. The SMILES string of the molecule is N#Cc1cc(C(Oc2ccc3c(c2)CCN3)c2ccccc2)[nH]n1. The molecule has 0 aliphatic carbocycles. The van der Waals surface area contributed by atoms with Gasteiger partial charge in [-0.2, -0.15) is 10.4 Å². The molecule has 2 heterocycles. The van der Waals surface area contributed by atoms with E-state index in [4.69, 9.17) is 10.00 Å². The Labute approximate surface area is 139 Å². The van der Waals surface area contributed by atoms with Crippen LogP contribution in [0.15, 0.2) is 54.6 Å². The van der Waals surface area contributed by atoms with E-state index in [0.717, 1.165) is 30.0 Å². The van der Waals surface area contributed by atoms with Gasteiger partial charge in [-0.05, 0) is 35.7 Å². The number of H-pyrrole nitrogens is 1. The number of anilines is 1. The molecule has 1 aliphatic rings. The number of aromatic nitrogens is 2. The summed E-state index contributed by atoms with van der Waals surface area (Å²) in [5.74, 6) is 0.805. The topological polar surface area (TPSA) is 73.7 Å². The summed E-state index contributed by atoms with van der Waals surface area (Å²) in [5, 5.41) is 19.3. The fourth-order valence-corrected chi connectivity index (χ4v) is 2.96. The molecule has 1 atom stereocenters. The van der Waals surface area contributed by atoms with E-state index in [9.17, 15) is 0 Å². The molecule has 0 saturated heterocycles. The number of hydrogen-bond donors (Lipinski definition) is 2. The van der Waals surface area contributed by atoms with Gasteiger partial charge in [-0.3, -0.25) is 5.10 Å². The van der Waals surface area contributed by atoms with E-state index in [-0.39, 0.29) is 6.10 Å². The predicted octanol–water partition coefficient (Wildman–Crippen LogP) is 3.42. The van der Waals surface area contributed by atoms with E-state index in [2.05, 4.69) is 21.6 Å². The molecule has 3 aromatic rings. The van der Waals surface area contributed by atoms with Crippen LogP contribution in [0.5, 0.6) is 5.75 Å². The molecule has 2 N–H and O–H groups in total. The number of fused-ring (bicyclic) bond motifs is 1. The number of nitrogens with one attached hydrogen (secondary N) is 2. The molecule has 2 aromatic carbocycles. The zero-order valence-corrected chi connectivity index (χ0v) is 13.0. The Morgan fingerprint density at radius 2 is 2.00 bits per heavy atom. The standard InChI is InChI=1S/C19H16N4O/c20-12-15-11-18(23-22-15)19(13-4-2-1-3-5-13)24-16-6-7-17-14(10-16)8-9-21-17/h1-7,10-11,19,21H,8-9H2,(H,22,23). The number of nitriles is 1. The van der Waals surface area contributed by atoms with Gasteiger partial charge >= 0.3 is 0 Å². The third-order valence-corrected chi connectivity index (χ3v) is 4.14. The van der Waals surface area contributed by atoms with E-state index < -0.39 is 0 Å². The predicted molar refractivity (Wildman–Crippen MR) is 90.9 cm³/mol. The van der Waals surface area contributed by atoms with Crippen LogP contribution in [0, 0.1) is 11.3 Å². The van der Waals surface area contributed by atoms with Crippen molar-refractivity contribution in [2.45, 2.75) is 12.5 Å². The van der Waals surface area contributed by atoms with Crippen LogP contribution in [0.2, 0.25) is 0 Å². The molecule has 1 aromatic heterocycles. The highest BCUT2D eigenvalue weighted by atomic mass is 16.5. The van der Waals surface area contributed by atoms with Gasteiger partial charge in [0, 0.05) is 18.3 Å². The van der Waals surface area contributed by atoms with Crippen molar-refractivity contribution in [3.8, 4) is 11.8 Å². The second-order valence-electron chi connectivity index (χ2n) is 5.72. The average Bonchev–Trinajstić information content (AvgIpc) is 3.29. The zero-order chi connectivity index (χ0) is 16.4. The van der Waals surface area contributed by atoms with Gasteiger partial charge in [0.1, 0.15) is 11.8 Å². The monoisotopic (exact) mass is 316 g/mol. The Morgan fingerprint density at radius 1 is 1.12 bits per heavy atom. The van der Waals surface area contributed by atoms with Crippen molar-refractivity contribution >= 4 is 5.69 Å². The van der Waals surface area contributed by atoms with Gasteiger partial charge in [-0.1, -0.05) is 30.3 Å². The molecule has 1 unspecified atom stereocenters. The van der Waals surface area contributed by atoms with Crippen LogP contribution in [0.1, 0.15) is 28.6 Å². The molecule has 5 heteroatoms. The summed E-state index contributed by atoms with van der Waals surface area (Å²) in [6.07, 6.45) is 0.666. The molecule has 5 nitrogen and oxygen atoms in total. The third kappa shape index (κ3) is 2.70. The van der Waals surface area contributed by atoms with Crippen LogP contribution in [-0.2, 0) is 6.42 Å². The van der Waals surface area contributed by atoms with Crippen molar-refractivity contribution in [3.05, 3.63) is 77.1 Å². The molecule has 118 valence electrons. The molecule has 24 heavy (non-hydrogen) atoms. The fourth-order valence-electron chi connectivity index (χ4n) is 2.96.